The van der Waals surface area contributed by atoms with Crippen LogP contribution in [0.4, 0.5) is 0 Å². The van der Waals surface area contributed by atoms with Crippen molar-refractivity contribution in [2.24, 2.45) is 5.73 Å². The predicted octanol–water partition coefficient (Wildman–Crippen LogP) is 4.11. The molecule has 0 bridgehead atoms. The smallest absolute Gasteiger partial charge is 0.270 e. The van der Waals surface area contributed by atoms with Crippen LogP contribution in [0.3, 0.4) is 0 Å². The lowest BCUT2D eigenvalue weighted by Crippen LogP contribution is -2.38. The van der Waals surface area contributed by atoms with E-state index in [4.69, 9.17) is 15.0 Å². The summed E-state index contributed by atoms with van der Waals surface area (Å²) in [5, 5.41) is 3.53. The SMILES string of the molecule is NC(=O)c1cc(C2CC2)on1.c1ccc(CC2CCCCN2SCCCN2CCOCC2)cc1. The highest BCUT2D eigenvalue weighted by Gasteiger charge is 2.28. The summed E-state index contributed by atoms with van der Waals surface area (Å²) in [4.78, 5) is 13.1. The maximum atomic E-state index is 10.6. The number of carbonyl (C=O) groups excluding carboxylic acids is 1. The Labute approximate surface area is 207 Å². The normalized spacial score (nSPS) is 21.6. The van der Waals surface area contributed by atoms with Gasteiger partial charge in [-0.1, -0.05) is 53.9 Å². The van der Waals surface area contributed by atoms with Crippen molar-refractivity contribution in [2.45, 2.75) is 56.9 Å². The van der Waals surface area contributed by atoms with E-state index in [1.165, 1.54) is 56.5 Å². The Bertz CT molecular complexity index is 868. The molecule has 3 fully saturated rings. The lowest BCUT2D eigenvalue weighted by molar-refractivity contribution is 0.0381. The molecule has 1 aromatic heterocycles. The monoisotopic (exact) mass is 486 g/mol. The zero-order chi connectivity index (χ0) is 23.6. The van der Waals surface area contributed by atoms with E-state index in [9.17, 15) is 4.79 Å². The topological polar surface area (TPSA) is 84.8 Å². The van der Waals surface area contributed by atoms with Gasteiger partial charge in [-0.05, 0) is 50.6 Å². The first-order valence-corrected chi connectivity index (χ1v) is 13.6. The fraction of sp³-hybridized carbons (Fsp3) is 0.615. The first kappa shape index (κ1) is 25.2. The van der Waals surface area contributed by atoms with Gasteiger partial charge in [-0.3, -0.25) is 9.69 Å². The highest BCUT2D eigenvalue weighted by atomic mass is 32.2. The molecule has 2 aromatic rings. The number of morpholine rings is 1. The molecular weight excluding hydrogens is 448 g/mol. The third kappa shape index (κ3) is 8.12. The van der Waals surface area contributed by atoms with Crippen molar-refractivity contribution in [3.8, 4) is 0 Å². The van der Waals surface area contributed by atoms with Crippen LogP contribution in [-0.2, 0) is 11.2 Å². The van der Waals surface area contributed by atoms with E-state index in [2.05, 4.69) is 56.6 Å². The average Bonchev–Trinajstić information content (AvgIpc) is 3.60. The molecule has 1 atom stereocenters. The van der Waals surface area contributed by atoms with Crippen LogP contribution in [0.15, 0.2) is 40.9 Å². The summed E-state index contributed by atoms with van der Waals surface area (Å²) in [5.41, 5.74) is 6.70. The van der Waals surface area contributed by atoms with E-state index in [1.807, 2.05) is 0 Å². The van der Waals surface area contributed by atoms with E-state index in [0.29, 0.717) is 5.92 Å². The van der Waals surface area contributed by atoms with Crippen LogP contribution < -0.4 is 5.73 Å². The third-order valence-corrected chi connectivity index (χ3v) is 7.91. The molecule has 8 heteroatoms. The first-order chi connectivity index (χ1) is 16.7. The van der Waals surface area contributed by atoms with Gasteiger partial charge in [-0.2, -0.15) is 0 Å². The minimum absolute atomic E-state index is 0.229. The fourth-order valence-electron chi connectivity index (χ4n) is 4.49. The standard InChI is InChI=1S/C19H30N2OS.C7H8N2O2/c1-2-7-18(8-3-1)17-19-9-4-5-11-21(19)23-16-6-10-20-12-14-22-15-13-20;8-7(10)5-3-6(11-9-5)4-1-2-4/h1-3,7-8,19H,4-6,9-17H2;3-4H,1-2H2,(H2,8,10). The summed E-state index contributed by atoms with van der Waals surface area (Å²) in [6.45, 7) is 6.56. The minimum Gasteiger partial charge on any atom is -0.379 e. The molecule has 7 nitrogen and oxygen atoms in total. The number of aromatic nitrogens is 1. The number of ether oxygens (including phenoxy) is 1. The number of benzene rings is 1. The van der Waals surface area contributed by atoms with Gasteiger partial charge in [0.15, 0.2) is 5.69 Å². The largest absolute Gasteiger partial charge is 0.379 e. The van der Waals surface area contributed by atoms with E-state index in [1.54, 1.807) is 6.07 Å². The number of hydrogen-bond donors (Lipinski definition) is 1. The summed E-state index contributed by atoms with van der Waals surface area (Å²) in [6, 6.07) is 13.3. The summed E-state index contributed by atoms with van der Waals surface area (Å²) in [7, 11) is 0. The molecular formula is C26H38N4O3S. The van der Waals surface area contributed by atoms with Crippen molar-refractivity contribution < 1.29 is 14.1 Å². The molecule has 3 heterocycles. The Hall–Kier alpha value is -1.87. The molecule has 2 saturated heterocycles. The number of nitrogens with two attached hydrogens (primary N) is 1. The van der Waals surface area contributed by atoms with Crippen LogP contribution in [-0.4, -0.2) is 71.5 Å². The first-order valence-electron chi connectivity index (χ1n) is 12.7. The average molecular weight is 487 g/mol. The molecule has 2 N–H and O–H groups in total. The molecule has 0 spiro atoms. The van der Waals surface area contributed by atoms with E-state index in [-0.39, 0.29) is 5.69 Å². The zero-order valence-corrected chi connectivity index (χ0v) is 20.9. The molecule has 1 amide bonds. The maximum absolute atomic E-state index is 10.6. The summed E-state index contributed by atoms with van der Waals surface area (Å²) < 4.78 is 13.0. The number of nitrogens with zero attached hydrogens (tertiary/aromatic N) is 3. The van der Waals surface area contributed by atoms with E-state index in [0.717, 1.165) is 50.9 Å². The van der Waals surface area contributed by atoms with Gasteiger partial charge in [0.2, 0.25) is 0 Å². The Kier molecular flexibility index (Phi) is 9.85. The van der Waals surface area contributed by atoms with Gasteiger partial charge >= 0.3 is 0 Å². The number of primary amides is 1. The Balaban J connectivity index is 0.000000207. The summed E-state index contributed by atoms with van der Waals surface area (Å²) >= 11 is 2.09. The van der Waals surface area contributed by atoms with Crippen molar-refractivity contribution in [1.29, 1.82) is 0 Å². The maximum Gasteiger partial charge on any atom is 0.270 e. The second kappa shape index (κ2) is 13.3. The van der Waals surface area contributed by atoms with Crippen LogP contribution in [0.5, 0.6) is 0 Å². The van der Waals surface area contributed by atoms with Gasteiger partial charge in [0.25, 0.3) is 5.91 Å². The molecule has 186 valence electrons. The van der Waals surface area contributed by atoms with Crippen LogP contribution >= 0.6 is 11.9 Å². The molecule has 1 aromatic carbocycles. The van der Waals surface area contributed by atoms with Crippen molar-refractivity contribution >= 4 is 17.9 Å². The molecule has 3 aliphatic rings. The number of piperidine rings is 1. The van der Waals surface area contributed by atoms with Gasteiger partial charge in [0.05, 0.1) is 13.2 Å². The Morgan fingerprint density at radius 3 is 2.59 bits per heavy atom. The van der Waals surface area contributed by atoms with Gasteiger partial charge in [-0.15, -0.1) is 0 Å². The second-order valence-electron chi connectivity index (χ2n) is 9.37. The Morgan fingerprint density at radius 1 is 1.09 bits per heavy atom. The van der Waals surface area contributed by atoms with Crippen LogP contribution in [0.2, 0.25) is 0 Å². The highest BCUT2D eigenvalue weighted by molar-refractivity contribution is 7.97. The van der Waals surface area contributed by atoms with Crippen molar-refractivity contribution in [3.63, 3.8) is 0 Å². The lowest BCUT2D eigenvalue weighted by Gasteiger charge is -2.35. The van der Waals surface area contributed by atoms with Crippen molar-refractivity contribution in [3.05, 3.63) is 53.4 Å². The van der Waals surface area contributed by atoms with Gasteiger partial charge in [0, 0.05) is 43.4 Å². The van der Waals surface area contributed by atoms with E-state index >= 15 is 0 Å². The number of amides is 1. The van der Waals surface area contributed by atoms with E-state index < -0.39 is 5.91 Å². The molecule has 1 saturated carbocycles. The fourth-order valence-corrected chi connectivity index (χ4v) is 5.64. The van der Waals surface area contributed by atoms with Gasteiger partial charge < -0.3 is 15.0 Å². The highest BCUT2D eigenvalue weighted by Crippen LogP contribution is 2.40. The zero-order valence-electron chi connectivity index (χ0n) is 20.1. The number of carbonyl (C=O) groups is 1. The molecule has 5 rings (SSSR count). The Morgan fingerprint density at radius 2 is 1.88 bits per heavy atom. The summed E-state index contributed by atoms with van der Waals surface area (Å²) in [5.74, 6) is 2.00. The molecule has 1 aliphatic carbocycles. The quantitative estimate of drug-likeness (QED) is 0.422. The second-order valence-corrected chi connectivity index (χ2v) is 10.5. The van der Waals surface area contributed by atoms with Crippen LogP contribution in [0.1, 0.15) is 66.3 Å². The van der Waals surface area contributed by atoms with Crippen LogP contribution in [0.25, 0.3) is 0 Å². The number of hydrogen-bond acceptors (Lipinski definition) is 7. The minimum atomic E-state index is -0.527. The molecule has 1 unspecified atom stereocenters. The predicted molar refractivity (Wildman–Crippen MR) is 136 cm³/mol. The molecule has 34 heavy (non-hydrogen) atoms. The number of rotatable bonds is 9. The van der Waals surface area contributed by atoms with Gasteiger partial charge in [-0.25, -0.2) is 4.31 Å². The van der Waals surface area contributed by atoms with Crippen LogP contribution in [0, 0.1) is 0 Å². The third-order valence-electron chi connectivity index (χ3n) is 6.63. The molecule has 0 radical (unpaired) electrons. The van der Waals surface area contributed by atoms with Gasteiger partial charge in [0.1, 0.15) is 5.76 Å². The van der Waals surface area contributed by atoms with Crippen molar-refractivity contribution in [2.75, 3.05) is 45.1 Å². The summed E-state index contributed by atoms with van der Waals surface area (Å²) in [6.07, 6.45) is 8.87. The van der Waals surface area contributed by atoms with Crippen molar-refractivity contribution in [1.82, 2.24) is 14.4 Å². The lowest BCUT2D eigenvalue weighted by atomic mass is 9.98. The molecule has 2 aliphatic heterocycles.